The first-order valence-corrected chi connectivity index (χ1v) is 9.58. The van der Waals surface area contributed by atoms with Gasteiger partial charge >= 0.3 is 23.9 Å². The molecule has 2 rings (SSSR count). The predicted octanol–water partition coefficient (Wildman–Crippen LogP) is 1.02. The van der Waals surface area contributed by atoms with Crippen LogP contribution in [0, 0.1) is 11.3 Å². The van der Waals surface area contributed by atoms with E-state index in [1.807, 2.05) is 6.07 Å². The molecule has 0 bridgehead atoms. The number of ether oxygens (including phenoxy) is 6. The lowest BCUT2D eigenvalue weighted by Crippen LogP contribution is -2.63. The lowest BCUT2D eigenvalue weighted by atomic mass is 9.98. The maximum atomic E-state index is 11.8. The Hall–Kier alpha value is -3.65. The zero-order chi connectivity index (χ0) is 23.8. The van der Waals surface area contributed by atoms with Crippen molar-refractivity contribution in [2.45, 2.75) is 58.4 Å². The molecule has 0 saturated carbocycles. The van der Waals surface area contributed by atoms with Crippen molar-refractivity contribution in [2.75, 3.05) is 6.61 Å². The van der Waals surface area contributed by atoms with Crippen LogP contribution in [0.5, 0.6) is 5.75 Å². The van der Waals surface area contributed by atoms with Crippen molar-refractivity contribution >= 4 is 23.9 Å². The lowest BCUT2D eigenvalue weighted by Gasteiger charge is -2.43. The minimum atomic E-state index is -1.40. The summed E-state index contributed by atoms with van der Waals surface area (Å²) in [6.45, 7) is 4.16. The third kappa shape index (κ3) is 6.68. The molecule has 172 valence electrons. The SMILES string of the molecule is CC(=O)OC[C@H]1OC(Oc2ccccc2C#N)[C@H](OC(C)=O)[C@@H](OC(C)=O)[C@H]1OC(C)=O. The summed E-state index contributed by atoms with van der Waals surface area (Å²) in [6, 6.07) is 8.19. The van der Waals surface area contributed by atoms with Gasteiger partial charge in [0.2, 0.25) is 12.4 Å². The molecule has 5 atom stereocenters. The third-order valence-electron chi connectivity index (χ3n) is 4.20. The molecule has 32 heavy (non-hydrogen) atoms. The number of rotatable bonds is 7. The zero-order valence-corrected chi connectivity index (χ0v) is 17.9. The van der Waals surface area contributed by atoms with E-state index < -0.39 is 54.6 Å². The molecule has 0 amide bonds. The Bertz CT molecular complexity index is 908. The average molecular weight is 449 g/mol. The summed E-state index contributed by atoms with van der Waals surface area (Å²) in [5.74, 6) is -2.77. The van der Waals surface area contributed by atoms with Gasteiger partial charge < -0.3 is 28.4 Å². The maximum Gasteiger partial charge on any atom is 0.303 e. The van der Waals surface area contributed by atoms with Crippen molar-refractivity contribution in [3.63, 3.8) is 0 Å². The van der Waals surface area contributed by atoms with E-state index in [4.69, 9.17) is 28.4 Å². The second-order valence-electron chi connectivity index (χ2n) is 6.79. The number of para-hydroxylation sites is 1. The molecule has 1 aromatic rings. The summed E-state index contributed by atoms with van der Waals surface area (Å²) in [4.78, 5) is 46.6. The van der Waals surface area contributed by atoms with Gasteiger partial charge in [-0.25, -0.2) is 0 Å². The van der Waals surface area contributed by atoms with E-state index in [0.717, 1.165) is 20.8 Å². The number of carbonyl (C=O) groups excluding carboxylic acids is 4. The molecule has 0 spiro atoms. The second-order valence-corrected chi connectivity index (χ2v) is 6.79. The molecule has 1 unspecified atom stereocenters. The number of hydrogen-bond acceptors (Lipinski definition) is 11. The van der Waals surface area contributed by atoms with Crippen molar-refractivity contribution in [2.24, 2.45) is 0 Å². The Balaban J connectivity index is 2.49. The van der Waals surface area contributed by atoms with Crippen molar-refractivity contribution in [3.05, 3.63) is 29.8 Å². The van der Waals surface area contributed by atoms with E-state index >= 15 is 0 Å². The summed E-state index contributed by atoms with van der Waals surface area (Å²) in [7, 11) is 0. The minimum Gasteiger partial charge on any atom is -0.463 e. The summed E-state index contributed by atoms with van der Waals surface area (Å²) < 4.78 is 32.5. The first-order chi connectivity index (χ1) is 15.1. The largest absolute Gasteiger partial charge is 0.463 e. The molecule has 1 fully saturated rings. The molecule has 1 aromatic carbocycles. The van der Waals surface area contributed by atoms with Gasteiger partial charge in [0.05, 0.1) is 5.56 Å². The number of benzene rings is 1. The molecule has 1 aliphatic heterocycles. The number of carbonyl (C=O) groups is 4. The number of esters is 4. The highest BCUT2D eigenvalue weighted by Gasteiger charge is 2.53. The van der Waals surface area contributed by atoms with Crippen LogP contribution in [0.15, 0.2) is 24.3 Å². The van der Waals surface area contributed by atoms with E-state index in [0.29, 0.717) is 0 Å². The second kappa shape index (κ2) is 11.1. The quantitative estimate of drug-likeness (QED) is 0.434. The van der Waals surface area contributed by atoms with Crippen molar-refractivity contribution in [1.82, 2.24) is 0 Å². The van der Waals surface area contributed by atoms with Crippen LogP contribution in [-0.4, -0.2) is 61.2 Å². The molecular weight excluding hydrogens is 426 g/mol. The van der Waals surface area contributed by atoms with Gasteiger partial charge in [-0.3, -0.25) is 19.2 Å². The summed E-state index contributed by atoms with van der Waals surface area (Å²) in [5, 5.41) is 9.33. The van der Waals surface area contributed by atoms with Crippen molar-refractivity contribution in [3.8, 4) is 11.8 Å². The summed E-state index contributed by atoms with van der Waals surface area (Å²) >= 11 is 0. The predicted molar refractivity (Wildman–Crippen MR) is 104 cm³/mol. The van der Waals surface area contributed by atoms with E-state index in [1.54, 1.807) is 12.1 Å². The lowest BCUT2D eigenvalue weighted by molar-refractivity contribution is -0.288. The highest BCUT2D eigenvalue weighted by atomic mass is 16.7. The van der Waals surface area contributed by atoms with Crippen LogP contribution in [-0.2, 0) is 42.9 Å². The summed E-state index contributed by atoms with van der Waals surface area (Å²) in [5.41, 5.74) is 0.167. The fraction of sp³-hybridized carbons (Fsp3) is 0.476. The van der Waals surface area contributed by atoms with Crippen LogP contribution in [0.1, 0.15) is 33.3 Å². The monoisotopic (exact) mass is 449 g/mol. The fourth-order valence-electron chi connectivity index (χ4n) is 3.07. The van der Waals surface area contributed by atoms with Gasteiger partial charge in [0, 0.05) is 27.7 Å². The molecule has 1 heterocycles. The van der Waals surface area contributed by atoms with Gasteiger partial charge in [-0.2, -0.15) is 5.26 Å². The molecule has 0 aromatic heterocycles. The Morgan fingerprint density at radius 3 is 2.00 bits per heavy atom. The molecule has 0 aliphatic carbocycles. The fourth-order valence-corrected chi connectivity index (χ4v) is 3.07. The Morgan fingerprint density at radius 2 is 1.44 bits per heavy atom. The van der Waals surface area contributed by atoms with Gasteiger partial charge in [-0.05, 0) is 12.1 Å². The molecule has 1 aliphatic rings. The summed E-state index contributed by atoms with van der Waals surface area (Å²) in [6.07, 6.45) is -6.55. The van der Waals surface area contributed by atoms with Crippen LogP contribution in [0.25, 0.3) is 0 Å². The number of nitriles is 1. The van der Waals surface area contributed by atoms with Gasteiger partial charge in [0.15, 0.2) is 12.2 Å². The highest BCUT2D eigenvalue weighted by molar-refractivity contribution is 5.68. The Kier molecular flexibility index (Phi) is 8.54. The molecular formula is C21H23NO10. The number of hydrogen-bond donors (Lipinski definition) is 0. The van der Waals surface area contributed by atoms with Gasteiger partial charge in [0.1, 0.15) is 24.5 Å². The van der Waals surface area contributed by atoms with Gasteiger partial charge in [-0.15, -0.1) is 0 Å². The standard InChI is InChI=1S/C21H23NO10/c1-11(23)27-10-17-18(28-12(2)24)19(29-13(3)25)20(30-14(4)26)21(32-17)31-16-8-6-5-7-15(16)9-22/h5-8,17-21H,10H2,1-4H3/t17-,18+,19+,20-,21?/m1/s1. The molecule has 1 saturated heterocycles. The van der Waals surface area contributed by atoms with E-state index in [1.165, 1.54) is 19.1 Å². The topological polar surface area (TPSA) is 147 Å². The Labute approximate surface area is 184 Å². The first kappa shape index (κ1) is 24.6. The number of nitrogens with zero attached hydrogens (tertiary/aromatic N) is 1. The van der Waals surface area contributed by atoms with Crippen LogP contribution in [0.2, 0.25) is 0 Å². The molecule has 11 heteroatoms. The van der Waals surface area contributed by atoms with Gasteiger partial charge in [-0.1, -0.05) is 12.1 Å². The Morgan fingerprint density at radius 1 is 0.875 bits per heavy atom. The average Bonchev–Trinajstić information content (AvgIpc) is 2.70. The molecule has 0 radical (unpaired) electrons. The van der Waals surface area contributed by atoms with Gasteiger partial charge in [0.25, 0.3) is 0 Å². The molecule has 11 nitrogen and oxygen atoms in total. The zero-order valence-electron chi connectivity index (χ0n) is 17.9. The normalized spacial score (nSPS) is 24.4. The van der Waals surface area contributed by atoms with Crippen LogP contribution >= 0.6 is 0 Å². The smallest absolute Gasteiger partial charge is 0.303 e. The maximum absolute atomic E-state index is 11.8. The van der Waals surface area contributed by atoms with Crippen molar-refractivity contribution < 1.29 is 47.6 Å². The highest BCUT2D eigenvalue weighted by Crippen LogP contribution is 2.31. The van der Waals surface area contributed by atoms with E-state index in [9.17, 15) is 24.4 Å². The van der Waals surface area contributed by atoms with E-state index in [-0.39, 0.29) is 17.9 Å². The van der Waals surface area contributed by atoms with Crippen LogP contribution < -0.4 is 4.74 Å². The molecule has 0 N–H and O–H groups in total. The van der Waals surface area contributed by atoms with Crippen molar-refractivity contribution in [1.29, 1.82) is 5.26 Å². The third-order valence-corrected chi connectivity index (χ3v) is 4.20. The first-order valence-electron chi connectivity index (χ1n) is 9.58. The van der Waals surface area contributed by atoms with Crippen LogP contribution in [0.4, 0.5) is 0 Å². The van der Waals surface area contributed by atoms with E-state index in [2.05, 4.69) is 0 Å². The minimum absolute atomic E-state index is 0.107. The van der Waals surface area contributed by atoms with Crippen LogP contribution in [0.3, 0.4) is 0 Å².